The molecule has 3 aromatic carbocycles. The summed E-state index contributed by atoms with van der Waals surface area (Å²) in [6.45, 7) is 2.39. The fourth-order valence-electron chi connectivity index (χ4n) is 3.22. The van der Waals surface area contributed by atoms with Gasteiger partial charge in [-0.3, -0.25) is 4.79 Å². The van der Waals surface area contributed by atoms with Crippen LogP contribution in [0.1, 0.15) is 21.6 Å². The van der Waals surface area contributed by atoms with Gasteiger partial charge in [-0.05, 0) is 47.5 Å². The summed E-state index contributed by atoms with van der Waals surface area (Å²) in [4.78, 5) is 16.9. The lowest BCUT2D eigenvalue weighted by Gasteiger charge is -2.12. The summed E-state index contributed by atoms with van der Waals surface area (Å²) in [7, 11) is 1.60. The zero-order valence-electron chi connectivity index (χ0n) is 15.8. The first-order valence-corrected chi connectivity index (χ1v) is 9.09. The summed E-state index contributed by atoms with van der Waals surface area (Å²) in [5.41, 5.74) is 3.37. The number of aromatic nitrogens is 2. The minimum atomic E-state index is -0.139. The molecule has 1 aromatic heterocycles. The molecule has 28 heavy (non-hydrogen) atoms. The van der Waals surface area contributed by atoms with Crippen molar-refractivity contribution in [3.05, 3.63) is 90.0 Å². The van der Waals surface area contributed by atoms with Crippen molar-refractivity contribution in [2.75, 3.05) is 7.11 Å². The third-order valence-corrected chi connectivity index (χ3v) is 4.70. The number of hydrogen-bond acceptors (Lipinski definition) is 3. The van der Waals surface area contributed by atoms with Gasteiger partial charge in [0.05, 0.1) is 24.8 Å². The largest absolute Gasteiger partial charge is 0.495 e. The Hall–Kier alpha value is -3.60. The van der Waals surface area contributed by atoms with E-state index in [0.29, 0.717) is 17.9 Å². The van der Waals surface area contributed by atoms with Crippen LogP contribution in [0.5, 0.6) is 5.75 Å². The second kappa shape index (κ2) is 7.56. The molecule has 0 unspecified atom stereocenters. The Morgan fingerprint density at radius 3 is 2.64 bits per heavy atom. The summed E-state index contributed by atoms with van der Waals surface area (Å²) >= 11 is 0. The highest BCUT2D eigenvalue weighted by atomic mass is 16.5. The van der Waals surface area contributed by atoms with E-state index in [4.69, 9.17) is 4.74 Å². The highest BCUT2D eigenvalue weighted by Crippen LogP contribution is 2.24. The zero-order valence-corrected chi connectivity index (χ0v) is 15.8. The van der Waals surface area contributed by atoms with Gasteiger partial charge in [0, 0.05) is 18.3 Å². The lowest BCUT2D eigenvalue weighted by molar-refractivity contribution is 0.0950. The van der Waals surface area contributed by atoms with Crippen LogP contribution >= 0.6 is 0 Å². The predicted octanol–water partition coefficient (Wildman–Crippen LogP) is 4.27. The van der Waals surface area contributed by atoms with Gasteiger partial charge in [0.15, 0.2) is 0 Å². The van der Waals surface area contributed by atoms with Crippen molar-refractivity contribution in [1.82, 2.24) is 14.9 Å². The Morgan fingerprint density at radius 2 is 1.89 bits per heavy atom. The molecule has 0 bridgehead atoms. The maximum atomic E-state index is 12.6. The summed E-state index contributed by atoms with van der Waals surface area (Å²) in [5, 5.41) is 5.33. The minimum absolute atomic E-state index is 0.139. The highest BCUT2D eigenvalue weighted by Gasteiger charge is 2.12. The van der Waals surface area contributed by atoms with Gasteiger partial charge in [0.1, 0.15) is 5.75 Å². The monoisotopic (exact) mass is 371 g/mol. The lowest BCUT2D eigenvalue weighted by Crippen LogP contribution is -2.22. The number of aryl methyl sites for hydroxylation is 1. The molecule has 0 atom stereocenters. The fourth-order valence-corrected chi connectivity index (χ4v) is 3.22. The number of amides is 1. The molecule has 0 aliphatic rings. The molecule has 4 aromatic rings. The SMILES string of the molecule is COc1cc(C(=O)NCc2ccc3ccccc3c2)ccc1-n1cnc(C)c1. The van der Waals surface area contributed by atoms with E-state index in [9.17, 15) is 4.79 Å². The lowest BCUT2D eigenvalue weighted by atomic mass is 10.1. The first-order chi connectivity index (χ1) is 13.6. The van der Waals surface area contributed by atoms with Crippen molar-refractivity contribution in [3.8, 4) is 11.4 Å². The van der Waals surface area contributed by atoms with Crippen LogP contribution in [0, 0.1) is 6.92 Å². The van der Waals surface area contributed by atoms with E-state index in [-0.39, 0.29) is 5.91 Å². The van der Waals surface area contributed by atoms with Crippen LogP contribution in [0.3, 0.4) is 0 Å². The van der Waals surface area contributed by atoms with E-state index in [2.05, 4.69) is 34.6 Å². The number of nitrogens with one attached hydrogen (secondary N) is 1. The van der Waals surface area contributed by atoms with E-state index in [1.54, 1.807) is 25.6 Å². The van der Waals surface area contributed by atoms with Crippen LogP contribution in [0.25, 0.3) is 16.5 Å². The Kier molecular flexibility index (Phi) is 4.81. The molecule has 0 saturated heterocycles. The Morgan fingerprint density at radius 1 is 1.07 bits per heavy atom. The van der Waals surface area contributed by atoms with Gasteiger partial charge in [0.2, 0.25) is 0 Å². The molecule has 0 fully saturated rings. The van der Waals surface area contributed by atoms with Crippen molar-refractivity contribution < 1.29 is 9.53 Å². The molecule has 5 heteroatoms. The molecular formula is C23H21N3O2. The third-order valence-electron chi connectivity index (χ3n) is 4.70. The minimum Gasteiger partial charge on any atom is -0.495 e. The smallest absolute Gasteiger partial charge is 0.251 e. The van der Waals surface area contributed by atoms with Crippen molar-refractivity contribution in [1.29, 1.82) is 0 Å². The summed E-state index contributed by atoms with van der Waals surface area (Å²) in [6.07, 6.45) is 3.64. The van der Waals surface area contributed by atoms with Gasteiger partial charge in [0.25, 0.3) is 5.91 Å². The quantitative estimate of drug-likeness (QED) is 0.570. The predicted molar refractivity (Wildman–Crippen MR) is 110 cm³/mol. The van der Waals surface area contributed by atoms with Crippen molar-refractivity contribution in [2.24, 2.45) is 0 Å². The van der Waals surface area contributed by atoms with Crippen LogP contribution in [0.4, 0.5) is 0 Å². The third kappa shape index (κ3) is 3.60. The van der Waals surface area contributed by atoms with Crippen LogP contribution in [-0.2, 0) is 6.54 Å². The highest BCUT2D eigenvalue weighted by molar-refractivity contribution is 5.95. The van der Waals surface area contributed by atoms with Gasteiger partial charge in [-0.2, -0.15) is 0 Å². The van der Waals surface area contributed by atoms with Crippen molar-refractivity contribution in [2.45, 2.75) is 13.5 Å². The number of carbonyl (C=O) groups excluding carboxylic acids is 1. The van der Waals surface area contributed by atoms with Crippen LogP contribution in [0.2, 0.25) is 0 Å². The van der Waals surface area contributed by atoms with Gasteiger partial charge < -0.3 is 14.6 Å². The van der Waals surface area contributed by atoms with E-state index in [1.807, 2.05) is 42.0 Å². The molecule has 0 aliphatic carbocycles. The summed E-state index contributed by atoms with van der Waals surface area (Å²) < 4.78 is 7.36. The number of imidazole rings is 1. The zero-order chi connectivity index (χ0) is 19.5. The molecule has 140 valence electrons. The molecule has 1 amide bonds. The van der Waals surface area contributed by atoms with Crippen molar-refractivity contribution in [3.63, 3.8) is 0 Å². The summed E-state index contributed by atoms with van der Waals surface area (Å²) in [6, 6.07) is 19.8. The van der Waals surface area contributed by atoms with E-state index in [0.717, 1.165) is 22.3 Å². The average Bonchev–Trinajstić information content (AvgIpc) is 3.17. The maximum absolute atomic E-state index is 12.6. The second-order valence-electron chi connectivity index (χ2n) is 6.67. The molecule has 1 heterocycles. The van der Waals surface area contributed by atoms with Crippen LogP contribution in [0.15, 0.2) is 73.2 Å². The molecular weight excluding hydrogens is 350 g/mol. The normalized spacial score (nSPS) is 10.8. The van der Waals surface area contributed by atoms with Gasteiger partial charge in [-0.15, -0.1) is 0 Å². The van der Waals surface area contributed by atoms with Crippen LogP contribution in [-0.4, -0.2) is 22.6 Å². The van der Waals surface area contributed by atoms with Gasteiger partial charge in [-0.1, -0.05) is 36.4 Å². The number of methoxy groups -OCH3 is 1. The van der Waals surface area contributed by atoms with Crippen molar-refractivity contribution >= 4 is 16.7 Å². The number of fused-ring (bicyclic) bond motifs is 1. The molecule has 0 spiro atoms. The standard InChI is InChI=1S/C23H21N3O2/c1-16-14-26(15-25-16)21-10-9-20(12-22(21)28-2)23(27)24-13-17-7-8-18-5-3-4-6-19(18)11-17/h3-12,14-15H,13H2,1-2H3,(H,24,27). The molecule has 1 N–H and O–H groups in total. The van der Waals surface area contributed by atoms with E-state index >= 15 is 0 Å². The Bertz CT molecular complexity index is 1150. The average molecular weight is 371 g/mol. The fraction of sp³-hybridized carbons (Fsp3) is 0.130. The number of rotatable bonds is 5. The van der Waals surface area contributed by atoms with Gasteiger partial charge >= 0.3 is 0 Å². The van der Waals surface area contributed by atoms with Crippen LogP contribution < -0.4 is 10.1 Å². The Balaban J connectivity index is 1.51. The number of benzene rings is 3. The topological polar surface area (TPSA) is 56.1 Å². The molecule has 4 rings (SSSR count). The van der Waals surface area contributed by atoms with Gasteiger partial charge in [-0.25, -0.2) is 4.98 Å². The van der Waals surface area contributed by atoms with E-state index < -0.39 is 0 Å². The molecule has 0 saturated carbocycles. The number of ether oxygens (including phenoxy) is 1. The second-order valence-corrected chi connectivity index (χ2v) is 6.67. The first kappa shape index (κ1) is 17.8. The molecule has 0 aliphatic heterocycles. The Labute approximate surface area is 163 Å². The number of carbonyl (C=O) groups is 1. The first-order valence-electron chi connectivity index (χ1n) is 9.09. The molecule has 0 radical (unpaired) electrons. The number of nitrogens with zero attached hydrogens (tertiary/aromatic N) is 2. The molecule has 5 nitrogen and oxygen atoms in total. The maximum Gasteiger partial charge on any atom is 0.251 e. The number of hydrogen-bond donors (Lipinski definition) is 1. The van der Waals surface area contributed by atoms with E-state index in [1.165, 1.54) is 5.39 Å². The summed E-state index contributed by atoms with van der Waals surface area (Å²) in [5.74, 6) is 0.482.